The van der Waals surface area contributed by atoms with Gasteiger partial charge >= 0.3 is 0 Å². The van der Waals surface area contributed by atoms with Crippen molar-refractivity contribution in [3.8, 4) is 40.0 Å². The number of phenols is 1. The summed E-state index contributed by atoms with van der Waals surface area (Å²) >= 11 is 12.3. The molecule has 136 valence electrons. The summed E-state index contributed by atoms with van der Waals surface area (Å²) in [5, 5.41) is 20.4. The van der Waals surface area contributed by atoms with Gasteiger partial charge in [0.1, 0.15) is 17.5 Å². The number of anilines is 1. The molecule has 0 saturated heterocycles. The van der Waals surface area contributed by atoms with Gasteiger partial charge in [-0.25, -0.2) is 4.98 Å². The summed E-state index contributed by atoms with van der Waals surface area (Å²) in [6.45, 7) is 2.21. The topological polar surface area (TPSA) is 92.2 Å². The smallest absolute Gasteiger partial charge is 0.161 e. The van der Waals surface area contributed by atoms with Gasteiger partial charge in [0.25, 0.3) is 0 Å². The summed E-state index contributed by atoms with van der Waals surface area (Å²) in [5.41, 5.74) is 8.64. The number of ether oxygens (including phenoxy) is 1. The first-order chi connectivity index (χ1) is 12.9. The van der Waals surface area contributed by atoms with Crippen LogP contribution in [0, 0.1) is 11.3 Å². The number of benzene rings is 2. The zero-order chi connectivity index (χ0) is 19.6. The van der Waals surface area contributed by atoms with Crippen LogP contribution in [0.15, 0.2) is 42.5 Å². The van der Waals surface area contributed by atoms with Gasteiger partial charge in [-0.3, -0.25) is 0 Å². The number of pyridine rings is 1. The highest BCUT2D eigenvalue weighted by atomic mass is 35.5. The van der Waals surface area contributed by atoms with Crippen molar-refractivity contribution in [3.63, 3.8) is 0 Å². The summed E-state index contributed by atoms with van der Waals surface area (Å²) in [4.78, 5) is 4.31. The number of nitriles is 1. The number of nitrogens with two attached hydrogens (primary N) is 1. The molecule has 0 saturated carbocycles. The Labute approximate surface area is 166 Å². The standard InChI is InChI=1S/C20H15Cl2N3O2/c1-2-27-19-7-11(3-6-18(19)26)14-9-17(25-20(24)15(14)10-23)13-5-4-12(21)8-16(13)22/h3-9,26H,2H2,1H3,(H2,24,25). The van der Waals surface area contributed by atoms with Gasteiger partial charge in [0.15, 0.2) is 11.5 Å². The van der Waals surface area contributed by atoms with Gasteiger partial charge in [0.2, 0.25) is 0 Å². The van der Waals surface area contributed by atoms with E-state index in [9.17, 15) is 10.4 Å². The largest absolute Gasteiger partial charge is 0.504 e. The molecule has 0 fully saturated rings. The number of rotatable bonds is 4. The van der Waals surface area contributed by atoms with Crippen molar-refractivity contribution in [3.05, 3.63) is 58.1 Å². The van der Waals surface area contributed by atoms with Crippen molar-refractivity contribution in [1.82, 2.24) is 4.98 Å². The van der Waals surface area contributed by atoms with Gasteiger partial charge in [-0.2, -0.15) is 5.26 Å². The van der Waals surface area contributed by atoms with Crippen molar-refractivity contribution in [2.24, 2.45) is 0 Å². The Morgan fingerprint density at radius 3 is 2.59 bits per heavy atom. The molecule has 1 aromatic heterocycles. The third-order valence-electron chi connectivity index (χ3n) is 3.94. The Kier molecular flexibility index (Phi) is 5.41. The number of hydrogen-bond donors (Lipinski definition) is 2. The molecule has 3 rings (SSSR count). The monoisotopic (exact) mass is 399 g/mol. The fraction of sp³-hybridized carbons (Fsp3) is 0.100. The Morgan fingerprint density at radius 2 is 1.93 bits per heavy atom. The van der Waals surface area contributed by atoms with Gasteiger partial charge in [-0.1, -0.05) is 29.3 Å². The maximum absolute atomic E-state index is 9.93. The molecule has 7 heteroatoms. The highest BCUT2D eigenvalue weighted by Crippen LogP contribution is 2.37. The van der Waals surface area contributed by atoms with E-state index in [-0.39, 0.29) is 17.1 Å². The second kappa shape index (κ2) is 7.75. The van der Waals surface area contributed by atoms with Gasteiger partial charge in [0, 0.05) is 16.1 Å². The molecule has 0 amide bonds. The van der Waals surface area contributed by atoms with E-state index >= 15 is 0 Å². The van der Waals surface area contributed by atoms with Crippen LogP contribution in [0.3, 0.4) is 0 Å². The second-order valence-electron chi connectivity index (χ2n) is 5.67. The lowest BCUT2D eigenvalue weighted by Gasteiger charge is -2.13. The molecule has 1 heterocycles. The molecule has 0 aliphatic rings. The molecule has 5 nitrogen and oxygen atoms in total. The van der Waals surface area contributed by atoms with Crippen LogP contribution in [0.2, 0.25) is 10.0 Å². The average molecular weight is 400 g/mol. The molecule has 3 N–H and O–H groups in total. The lowest BCUT2D eigenvalue weighted by atomic mass is 9.98. The minimum atomic E-state index is 0.0158. The Bertz CT molecular complexity index is 1060. The van der Waals surface area contributed by atoms with Crippen molar-refractivity contribution in [1.29, 1.82) is 5.26 Å². The minimum absolute atomic E-state index is 0.0158. The van der Waals surface area contributed by atoms with Gasteiger partial charge in [-0.15, -0.1) is 0 Å². The van der Waals surface area contributed by atoms with E-state index < -0.39 is 0 Å². The highest BCUT2D eigenvalue weighted by Gasteiger charge is 2.16. The molecule has 0 unspecified atom stereocenters. The fourth-order valence-corrected chi connectivity index (χ4v) is 3.20. The van der Waals surface area contributed by atoms with E-state index in [1.807, 2.05) is 6.92 Å². The number of phenolic OH excluding ortho intramolecular Hbond substituents is 1. The molecule has 0 atom stereocenters. The van der Waals surface area contributed by atoms with E-state index in [4.69, 9.17) is 33.7 Å². The Morgan fingerprint density at radius 1 is 1.15 bits per heavy atom. The Hall–Kier alpha value is -2.94. The molecule has 0 radical (unpaired) electrons. The molecule has 2 aromatic carbocycles. The number of hydrogen-bond acceptors (Lipinski definition) is 5. The van der Waals surface area contributed by atoms with Crippen molar-refractivity contribution >= 4 is 29.0 Å². The van der Waals surface area contributed by atoms with Crippen molar-refractivity contribution < 1.29 is 9.84 Å². The normalized spacial score (nSPS) is 10.4. The average Bonchev–Trinajstić information content (AvgIpc) is 2.63. The Balaban J connectivity index is 2.22. The lowest BCUT2D eigenvalue weighted by Crippen LogP contribution is -2.00. The molecule has 27 heavy (non-hydrogen) atoms. The number of halogens is 2. The van der Waals surface area contributed by atoms with E-state index in [2.05, 4.69) is 11.1 Å². The molecule has 0 aliphatic carbocycles. The number of nitrogens with zero attached hydrogens (tertiary/aromatic N) is 2. The quantitative estimate of drug-likeness (QED) is 0.622. The van der Waals surface area contributed by atoms with Crippen LogP contribution in [0.25, 0.3) is 22.4 Å². The molecule has 3 aromatic rings. The van der Waals surface area contributed by atoms with E-state index in [0.717, 1.165) is 0 Å². The zero-order valence-corrected chi connectivity index (χ0v) is 15.8. The second-order valence-corrected chi connectivity index (χ2v) is 6.51. The summed E-state index contributed by atoms with van der Waals surface area (Å²) in [6, 6.07) is 13.7. The number of nitrogen functional groups attached to an aromatic ring is 1. The van der Waals surface area contributed by atoms with Gasteiger partial charge < -0.3 is 15.6 Å². The minimum Gasteiger partial charge on any atom is -0.504 e. The SMILES string of the molecule is CCOc1cc(-c2cc(-c3ccc(Cl)cc3Cl)nc(N)c2C#N)ccc1O. The zero-order valence-electron chi connectivity index (χ0n) is 14.3. The summed E-state index contributed by atoms with van der Waals surface area (Å²) in [7, 11) is 0. The van der Waals surface area contributed by atoms with E-state index in [1.165, 1.54) is 6.07 Å². The summed E-state index contributed by atoms with van der Waals surface area (Å²) < 4.78 is 5.43. The molecular formula is C20H15Cl2N3O2. The summed E-state index contributed by atoms with van der Waals surface area (Å²) in [5.74, 6) is 0.421. The van der Waals surface area contributed by atoms with Crippen LogP contribution in [0.1, 0.15) is 12.5 Å². The van der Waals surface area contributed by atoms with Crippen LogP contribution in [-0.2, 0) is 0 Å². The third-order valence-corrected chi connectivity index (χ3v) is 4.48. The molecule has 0 aliphatic heterocycles. The van der Waals surface area contributed by atoms with Crippen molar-refractivity contribution in [2.75, 3.05) is 12.3 Å². The van der Waals surface area contributed by atoms with Crippen LogP contribution in [0.5, 0.6) is 11.5 Å². The first-order valence-corrected chi connectivity index (χ1v) is 8.82. The van der Waals surface area contributed by atoms with Crippen molar-refractivity contribution in [2.45, 2.75) is 6.92 Å². The van der Waals surface area contributed by atoms with E-state index in [1.54, 1.807) is 36.4 Å². The molecule has 0 spiro atoms. The maximum atomic E-state index is 9.93. The lowest BCUT2D eigenvalue weighted by molar-refractivity contribution is 0.318. The first-order valence-electron chi connectivity index (χ1n) is 8.06. The van der Waals surface area contributed by atoms with Crippen LogP contribution in [-0.4, -0.2) is 16.7 Å². The van der Waals surface area contributed by atoms with Gasteiger partial charge in [-0.05, 0) is 48.9 Å². The molecule has 0 bridgehead atoms. The fourth-order valence-electron chi connectivity index (χ4n) is 2.70. The third kappa shape index (κ3) is 3.77. The highest BCUT2D eigenvalue weighted by molar-refractivity contribution is 6.36. The first kappa shape index (κ1) is 18.8. The number of aromatic hydroxyl groups is 1. The van der Waals surface area contributed by atoms with Gasteiger partial charge in [0.05, 0.1) is 17.3 Å². The number of aromatic nitrogens is 1. The summed E-state index contributed by atoms with van der Waals surface area (Å²) in [6.07, 6.45) is 0. The van der Waals surface area contributed by atoms with Crippen LogP contribution < -0.4 is 10.5 Å². The van der Waals surface area contributed by atoms with E-state index in [0.29, 0.717) is 44.8 Å². The van der Waals surface area contributed by atoms with Crippen LogP contribution >= 0.6 is 23.2 Å². The maximum Gasteiger partial charge on any atom is 0.161 e. The predicted octanol–water partition coefficient (Wildman–Crippen LogP) is 5.28. The predicted molar refractivity (Wildman–Crippen MR) is 107 cm³/mol. The van der Waals surface area contributed by atoms with Crippen LogP contribution in [0.4, 0.5) is 5.82 Å². The molecular weight excluding hydrogens is 385 g/mol.